The highest BCUT2D eigenvalue weighted by Crippen LogP contribution is 2.31. The van der Waals surface area contributed by atoms with Crippen molar-refractivity contribution >= 4 is 40.4 Å². The van der Waals surface area contributed by atoms with E-state index in [0.717, 1.165) is 43.4 Å². The lowest BCUT2D eigenvalue weighted by Gasteiger charge is -2.29. The standard InChI is InChI=1S/C24H27N3O3S/c28-22(25-13-12-17-6-2-1-3-7-17)23(29)26-19-10-11-20-18(16-19)8-4-14-27(20)24(30)21-9-5-15-31-21/h5-6,9-11,15-16H,1-4,7-8,12-14H2,(H,25,28)(H,26,29). The number of rotatable bonds is 5. The van der Waals surface area contributed by atoms with Gasteiger partial charge in [0, 0.05) is 24.5 Å². The number of fused-ring (bicyclic) bond motifs is 1. The molecule has 7 heteroatoms. The summed E-state index contributed by atoms with van der Waals surface area (Å²) < 4.78 is 0. The fraction of sp³-hybridized carbons (Fsp3) is 0.375. The van der Waals surface area contributed by atoms with Gasteiger partial charge in [0.25, 0.3) is 5.91 Å². The van der Waals surface area contributed by atoms with Crippen molar-refractivity contribution in [3.8, 4) is 0 Å². The molecule has 31 heavy (non-hydrogen) atoms. The van der Waals surface area contributed by atoms with Crippen LogP contribution in [0.3, 0.4) is 0 Å². The molecule has 0 saturated carbocycles. The van der Waals surface area contributed by atoms with E-state index >= 15 is 0 Å². The van der Waals surface area contributed by atoms with Gasteiger partial charge in [-0.25, -0.2) is 0 Å². The number of nitrogens with zero attached hydrogens (tertiary/aromatic N) is 1. The van der Waals surface area contributed by atoms with Gasteiger partial charge >= 0.3 is 11.8 Å². The third kappa shape index (κ3) is 5.22. The number of amides is 3. The molecule has 0 fully saturated rings. The van der Waals surface area contributed by atoms with Crippen molar-refractivity contribution in [2.45, 2.75) is 44.9 Å². The minimum Gasteiger partial charge on any atom is -0.348 e. The van der Waals surface area contributed by atoms with Gasteiger partial charge in [-0.2, -0.15) is 0 Å². The molecule has 0 saturated heterocycles. The number of hydrogen-bond donors (Lipinski definition) is 2. The summed E-state index contributed by atoms with van der Waals surface area (Å²) in [4.78, 5) is 39.8. The van der Waals surface area contributed by atoms with Gasteiger partial charge in [-0.15, -0.1) is 11.3 Å². The number of benzene rings is 1. The average molecular weight is 438 g/mol. The van der Waals surface area contributed by atoms with Crippen LogP contribution in [0.2, 0.25) is 0 Å². The van der Waals surface area contributed by atoms with Gasteiger partial charge in [0.1, 0.15) is 0 Å². The Morgan fingerprint density at radius 1 is 1.03 bits per heavy atom. The van der Waals surface area contributed by atoms with Crippen LogP contribution < -0.4 is 15.5 Å². The van der Waals surface area contributed by atoms with E-state index in [9.17, 15) is 14.4 Å². The number of hydrogen-bond acceptors (Lipinski definition) is 4. The molecule has 1 aromatic carbocycles. The number of aryl methyl sites for hydroxylation is 1. The summed E-state index contributed by atoms with van der Waals surface area (Å²) in [6.45, 7) is 1.15. The number of nitrogens with one attached hydrogen (secondary N) is 2. The summed E-state index contributed by atoms with van der Waals surface area (Å²) >= 11 is 1.43. The summed E-state index contributed by atoms with van der Waals surface area (Å²) in [6, 6.07) is 9.17. The molecule has 2 aliphatic rings. The molecule has 1 aromatic heterocycles. The summed E-state index contributed by atoms with van der Waals surface area (Å²) in [7, 11) is 0. The molecule has 0 unspecified atom stereocenters. The highest BCUT2D eigenvalue weighted by Gasteiger charge is 2.25. The largest absolute Gasteiger partial charge is 0.348 e. The molecule has 162 valence electrons. The molecule has 2 N–H and O–H groups in total. The first kappa shape index (κ1) is 21.3. The SMILES string of the molecule is O=C(NCCC1=CCCCC1)C(=O)Nc1ccc2c(c1)CCCN2C(=O)c1cccs1. The molecule has 3 amide bonds. The van der Waals surface area contributed by atoms with Crippen molar-refractivity contribution in [2.75, 3.05) is 23.3 Å². The zero-order chi connectivity index (χ0) is 21.6. The summed E-state index contributed by atoms with van der Waals surface area (Å²) in [6.07, 6.45) is 9.36. The first-order valence-corrected chi connectivity index (χ1v) is 11.7. The lowest BCUT2D eigenvalue weighted by atomic mass is 9.97. The van der Waals surface area contributed by atoms with Gasteiger partial charge in [-0.1, -0.05) is 17.7 Å². The second kappa shape index (κ2) is 9.92. The monoisotopic (exact) mass is 437 g/mol. The Hall–Kier alpha value is -2.93. The second-order valence-electron chi connectivity index (χ2n) is 7.95. The van der Waals surface area contributed by atoms with E-state index in [1.165, 1.54) is 29.8 Å². The van der Waals surface area contributed by atoms with Crippen LogP contribution in [0, 0.1) is 0 Å². The van der Waals surface area contributed by atoms with Crippen LogP contribution in [0.25, 0.3) is 0 Å². The van der Waals surface area contributed by atoms with Gasteiger partial charge in [-0.05, 0) is 80.2 Å². The Bertz CT molecular complexity index is 998. The molecular formula is C24H27N3O3S. The lowest BCUT2D eigenvalue weighted by molar-refractivity contribution is -0.136. The Morgan fingerprint density at radius 3 is 2.71 bits per heavy atom. The van der Waals surface area contributed by atoms with Crippen LogP contribution in [0.4, 0.5) is 11.4 Å². The van der Waals surface area contributed by atoms with Crippen molar-refractivity contribution in [2.24, 2.45) is 0 Å². The fourth-order valence-electron chi connectivity index (χ4n) is 4.16. The van der Waals surface area contributed by atoms with Gasteiger partial charge in [0.05, 0.1) is 4.88 Å². The van der Waals surface area contributed by atoms with Crippen LogP contribution in [-0.4, -0.2) is 30.8 Å². The van der Waals surface area contributed by atoms with E-state index in [1.807, 2.05) is 29.6 Å². The van der Waals surface area contributed by atoms with Crippen LogP contribution in [0.15, 0.2) is 47.4 Å². The summed E-state index contributed by atoms with van der Waals surface area (Å²) in [5.41, 5.74) is 3.80. The molecular weight excluding hydrogens is 410 g/mol. The predicted molar refractivity (Wildman–Crippen MR) is 124 cm³/mol. The van der Waals surface area contributed by atoms with Gasteiger partial charge in [0.2, 0.25) is 0 Å². The number of carbonyl (C=O) groups excluding carboxylic acids is 3. The Balaban J connectivity index is 1.35. The summed E-state index contributed by atoms with van der Waals surface area (Å²) in [5, 5.41) is 7.29. The molecule has 2 heterocycles. The molecule has 2 aromatic rings. The molecule has 1 aliphatic carbocycles. The first-order chi connectivity index (χ1) is 15.1. The number of anilines is 2. The quantitative estimate of drug-likeness (QED) is 0.541. The maximum Gasteiger partial charge on any atom is 0.313 e. The second-order valence-corrected chi connectivity index (χ2v) is 8.90. The smallest absolute Gasteiger partial charge is 0.313 e. The van der Waals surface area contributed by atoms with Gasteiger partial charge < -0.3 is 15.5 Å². The highest BCUT2D eigenvalue weighted by atomic mass is 32.1. The lowest BCUT2D eigenvalue weighted by Crippen LogP contribution is -2.36. The van der Waals surface area contributed by atoms with E-state index in [-0.39, 0.29) is 5.91 Å². The highest BCUT2D eigenvalue weighted by molar-refractivity contribution is 7.12. The van der Waals surface area contributed by atoms with Crippen molar-refractivity contribution in [3.63, 3.8) is 0 Å². The normalized spacial score (nSPS) is 15.6. The third-order valence-corrected chi connectivity index (χ3v) is 6.61. The molecule has 0 bridgehead atoms. The number of thiophene rings is 1. The van der Waals surface area contributed by atoms with Crippen molar-refractivity contribution in [3.05, 3.63) is 57.8 Å². The van der Waals surface area contributed by atoms with E-state index in [2.05, 4.69) is 16.7 Å². The van der Waals surface area contributed by atoms with E-state index < -0.39 is 11.8 Å². The molecule has 1 aliphatic heterocycles. The van der Waals surface area contributed by atoms with Crippen molar-refractivity contribution in [1.82, 2.24) is 5.32 Å². The molecule has 0 radical (unpaired) electrons. The van der Waals surface area contributed by atoms with Crippen molar-refractivity contribution < 1.29 is 14.4 Å². The maximum absolute atomic E-state index is 12.8. The topological polar surface area (TPSA) is 78.5 Å². The van der Waals surface area contributed by atoms with Gasteiger partial charge in [0.15, 0.2) is 0 Å². The van der Waals surface area contributed by atoms with E-state index in [4.69, 9.17) is 0 Å². The van der Waals surface area contributed by atoms with Crippen molar-refractivity contribution in [1.29, 1.82) is 0 Å². The predicted octanol–water partition coefficient (Wildman–Crippen LogP) is 4.29. The van der Waals surface area contributed by atoms with Crippen LogP contribution >= 0.6 is 11.3 Å². The number of allylic oxidation sites excluding steroid dienone is 1. The first-order valence-electron chi connectivity index (χ1n) is 10.9. The van der Waals surface area contributed by atoms with E-state index in [1.54, 1.807) is 11.0 Å². The zero-order valence-corrected chi connectivity index (χ0v) is 18.3. The Morgan fingerprint density at radius 2 is 1.94 bits per heavy atom. The number of carbonyl (C=O) groups is 3. The summed E-state index contributed by atoms with van der Waals surface area (Å²) in [5.74, 6) is -1.29. The molecule has 0 atom stereocenters. The van der Waals surface area contributed by atoms with Crippen LogP contribution in [0.5, 0.6) is 0 Å². The third-order valence-electron chi connectivity index (χ3n) is 5.76. The molecule has 6 nitrogen and oxygen atoms in total. The minimum absolute atomic E-state index is 0.000180. The fourth-order valence-corrected chi connectivity index (χ4v) is 4.83. The maximum atomic E-state index is 12.8. The Labute approximate surface area is 186 Å². The van der Waals surface area contributed by atoms with E-state index in [0.29, 0.717) is 23.7 Å². The van der Waals surface area contributed by atoms with Crippen LogP contribution in [-0.2, 0) is 16.0 Å². The molecule has 0 spiro atoms. The minimum atomic E-state index is -0.667. The molecule has 4 rings (SSSR count). The Kier molecular flexibility index (Phi) is 6.82. The van der Waals surface area contributed by atoms with Gasteiger partial charge in [-0.3, -0.25) is 14.4 Å². The van der Waals surface area contributed by atoms with Crippen LogP contribution in [0.1, 0.15) is 53.8 Å². The average Bonchev–Trinajstić information content (AvgIpc) is 3.33. The zero-order valence-electron chi connectivity index (χ0n) is 17.5.